The zero-order valence-corrected chi connectivity index (χ0v) is 12.3. The zero-order valence-electron chi connectivity index (χ0n) is 12.3. The first-order valence-corrected chi connectivity index (χ1v) is 7.61. The van der Waals surface area contributed by atoms with E-state index >= 15 is 0 Å². The van der Waals surface area contributed by atoms with Crippen LogP contribution in [0.1, 0.15) is 18.4 Å². The van der Waals surface area contributed by atoms with E-state index in [0.717, 1.165) is 6.54 Å². The van der Waals surface area contributed by atoms with Gasteiger partial charge in [-0.3, -0.25) is 0 Å². The Hall–Kier alpha value is -2.22. The van der Waals surface area contributed by atoms with Gasteiger partial charge in [-0.05, 0) is 42.7 Å². The van der Waals surface area contributed by atoms with E-state index in [-0.39, 0.29) is 0 Å². The van der Waals surface area contributed by atoms with Crippen LogP contribution in [0.25, 0.3) is 10.9 Å². The number of anilines is 1. The van der Waals surface area contributed by atoms with Gasteiger partial charge in [0.05, 0.1) is 0 Å². The third kappa shape index (κ3) is 2.21. The van der Waals surface area contributed by atoms with Crippen LogP contribution in [-0.4, -0.2) is 11.1 Å². The number of benzene rings is 2. The minimum atomic E-state index is 0.354. The highest BCUT2D eigenvalue weighted by atomic mass is 14.9. The van der Waals surface area contributed by atoms with Crippen molar-refractivity contribution in [3.05, 3.63) is 66.4 Å². The van der Waals surface area contributed by atoms with Gasteiger partial charge in [0.15, 0.2) is 0 Å². The summed E-state index contributed by atoms with van der Waals surface area (Å²) in [6.45, 7) is 1.02. The molecule has 2 nitrogen and oxygen atoms in total. The maximum absolute atomic E-state index is 3.64. The fraction of sp³-hybridized carbons (Fsp3) is 0.263. The lowest BCUT2D eigenvalue weighted by molar-refractivity contribution is 0.733. The Morgan fingerprint density at radius 3 is 2.62 bits per heavy atom. The van der Waals surface area contributed by atoms with Crippen molar-refractivity contribution >= 4 is 16.6 Å². The first-order valence-electron chi connectivity index (χ1n) is 7.61. The molecule has 2 aromatic carbocycles. The number of nitrogens with one attached hydrogen (secondary N) is 1. The molecule has 0 bridgehead atoms. The topological polar surface area (TPSA) is 17.0 Å². The van der Waals surface area contributed by atoms with Crippen LogP contribution < -0.4 is 5.32 Å². The van der Waals surface area contributed by atoms with Crippen LogP contribution in [0.2, 0.25) is 0 Å². The maximum Gasteiger partial charge on any atom is 0.0479 e. The largest absolute Gasteiger partial charge is 0.384 e. The van der Waals surface area contributed by atoms with Gasteiger partial charge in [-0.2, -0.15) is 0 Å². The molecule has 1 aromatic heterocycles. The predicted molar refractivity (Wildman–Crippen MR) is 88.8 cm³/mol. The molecule has 0 radical (unpaired) electrons. The van der Waals surface area contributed by atoms with Gasteiger partial charge < -0.3 is 9.88 Å². The molecule has 106 valence electrons. The summed E-state index contributed by atoms with van der Waals surface area (Å²) in [5.74, 6) is 0. The standard InChI is InChI=1S/C19H20N2/c1-21-12-9-15-13-17(7-8-18(15)21)20-14-19(10-11-19)16-5-3-2-4-6-16/h2-9,12-13,20H,10-11,14H2,1H3. The Labute approximate surface area is 125 Å². The van der Waals surface area contributed by atoms with E-state index in [1.807, 2.05) is 0 Å². The zero-order chi connectivity index (χ0) is 14.3. The Bertz CT molecular complexity index is 767. The first-order chi connectivity index (χ1) is 10.3. The van der Waals surface area contributed by atoms with Crippen LogP contribution in [0, 0.1) is 0 Å². The maximum atomic E-state index is 3.64. The summed E-state index contributed by atoms with van der Waals surface area (Å²) in [6.07, 6.45) is 4.69. The molecule has 0 aliphatic heterocycles. The van der Waals surface area contributed by atoms with Gasteiger partial charge in [-0.15, -0.1) is 0 Å². The lowest BCUT2D eigenvalue weighted by Crippen LogP contribution is -2.19. The van der Waals surface area contributed by atoms with Crippen molar-refractivity contribution in [2.75, 3.05) is 11.9 Å². The predicted octanol–water partition coefficient (Wildman–Crippen LogP) is 4.32. The van der Waals surface area contributed by atoms with Crippen LogP contribution >= 0.6 is 0 Å². The van der Waals surface area contributed by atoms with Gasteiger partial charge in [0.2, 0.25) is 0 Å². The average molecular weight is 276 g/mol. The number of hydrogen-bond donors (Lipinski definition) is 1. The summed E-state index contributed by atoms with van der Waals surface area (Å²) in [7, 11) is 2.09. The molecule has 0 spiro atoms. The minimum absolute atomic E-state index is 0.354. The highest BCUT2D eigenvalue weighted by molar-refractivity contribution is 5.83. The number of aryl methyl sites for hydroxylation is 1. The first kappa shape index (κ1) is 12.5. The molecule has 3 aromatic rings. The summed E-state index contributed by atoms with van der Waals surface area (Å²) in [5.41, 5.74) is 4.33. The fourth-order valence-corrected chi connectivity index (χ4v) is 3.17. The molecule has 1 heterocycles. The van der Waals surface area contributed by atoms with Crippen molar-refractivity contribution in [2.45, 2.75) is 18.3 Å². The lowest BCUT2D eigenvalue weighted by Gasteiger charge is -2.17. The van der Waals surface area contributed by atoms with Gasteiger partial charge in [0.25, 0.3) is 0 Å². The molecule has 1 fully saturated rings. The van der Waals surface area contributed by atoms with Crippen molar-refractivity contribution in [3.63, 3.8) is 0 Å². The van der Waals surface area contributed by atoms with Gasteiger partial charge in [-0.1, -0.05) is 30.3 Å². The summed E-state index contributed by atoms with van der Waals surface area (Å²) in [6, 6.07) is 19.7. The minimum Gasteiger partial charge on any atom is -0.384 e. The van der Waals surface area contributed by atoms with E-state index in [4.69, 9.17) is 0 Å². The molecule has 1 N–H and O–H groups in total. The van der Waals surface area contributed by atoms with E-state index in [0.29, 0.717) is 5.41 Å². The number of hydrogen-bond acceptors (Lipinski definition) is 1. The van der Waals surface area contributed by atoms with Crippen molar-refractivity contribution in [1.29, 1.82) is 0 Å². The van der Waals surface area contributed by atoms with Gasteiger partial charge in [-0.25, -0.2) is 0 Å². The Morgan fingerprint density at radius 2 is 1.86 bits per heavy atom. The number of rotatable bonds is 4. The summed E-state index contributed by atoms with van der Waals surface area (Å²) < 4.78 is 2.16. The third-order valence-electron chi connectivity index (χ3n) is 4.76. The molecule has 4 rings (SSSR count). The van der Waals surface area contributed by atoms with Crippen molar-refractivity contribution in [1.82, 2.24) is 4.57 Å². The molecular weight excluding hydrogens is 256 g/mol. The van der Waals surface area contributed by atoms with Crippen molar-refractivity contribution < 1.29 is 0 Å². The second kappa shape index (κ2) is 4.66. The van der Waals surface area contributed by atoms with Crippen LogP contribution in [0.4, 0.5) is 5.69 Å². The van der Waals surface area contributed by atoms with Crippen LogP contribution in [0.15, 0.2) is 60.8 Å². The summed E-state index contributed by atoms with van der Waals surface area (Å²) >= 11 is 0. The fourth-order valence-electron chi connectivity index (χ4n) is 3.17. The smallest absolute Gasteiger partial charge is 0.0479 e. The van der Waals surface area contributed by atoms with E-state index in [1.165, 1.54) is 35.0 Å². The Balaban J connectivity index is 1.53. The molecule has 21 heavy (non-hydrogen) atoms. The van der Waals surface area contributed by atoms with E-state index in [9.17, 15) is 0 Å². The number of fused-ring (bicyclic) bond motifs is 1. The third-order valence-corrected chi connectivity index (χ3v) is 4.76. The molecule has 1 aliphatic rings. The molecule has 0 amide bonds. The monoisotopic (exact) mass is 276 g/mol. The van der Waals surface area contributed by atoms with Crippen LogP contribution in [-0.2, 0) is 12.5 Å². The summed E-state index contributed by atoms with van der Waals surface area (Å²) in [4.78, 5) is 0. The molecule has 0 unspecified atom stereocenters. The highest BCUT2D eigenvalue weighted by Gasteiger charge is 2.43. The van der Waals surface area contributed by atoms with Crippen molar-refractivity contribution in [3.8, 4) is 0 Å². The van der Waals surface area contributed by atoms with Crippen LogP contribution in [0.5, 0.6) is 0 Å². The van der Waals surface area contributed by atoms with Gasteiger partial charge in [0.1, 0.15) is 0 Å². The van der Waals surface area contributed by atoms with Gasteiger partial charge in [0, 0.05) is 41.8 Å². The summed E-state index contributed by atoms with van der Waals surface area (Å²) in [5, 5.41) is 4.94. The van der Waals surface area contributed by atoms with E-state index in [1.54, 1.807) is 0 Å². The van der Waals surface area contributed by atoms with E-state index in [2.05, 4.69) is 77.7 Å². The molecule has 1 saturated carbocycles. The molecule has 1 aliphatic carbocycles. The van der Waals surface area contributed by atoms with E-state index < -0.39 is 0 Å². The Kier molecular flexibility index (Phi) is 2.78. The SMILES string of the molecule is Cn1ccc2cc(NCC3(c4ccccc4)CC3)ccc21. The molecule has 0 saturated heterocycles. The van der Waals surface area contributed by atoms with Crippen LogP contribution in [0.3, 0.4) is 0 Å². The lowest BCUT2D eigenvalue weighted by atomic mass is 9.96. The van der Waals surface area contributed by atoms with Gasteiger partial charge >= 0.3 is 0 Å². The molecular formula is C19H20N2. The normalized spacial score (nSPS) is 16.0. The average Bonchev–Trinajstić information content (AvgIpc) is 3.25. The second-order valence-electron chi connectivity index (χ2n) is 6.20. The molecule has 0 atom stereocenters. The Morgan fingerprint density at radius 1 is 1.05 bits per heavy atom. The highest BCUT2D eigenvalue weighted by Crippen LogP contribution is 2.48. The van der Waals surface area contributed by atoms with Crippen molar-refractivity contribution in [2.24, 2.45) is 7.05 Å². The molecule has 2 heteroatoms. The second-order valence-corrected chi connectivity index (χ2v) is 6.20. The number of nitrogens with zero attached hydrogens (tertiary/aromatic N) is 1. The quantitative estimate of drug-likeness (QED) is 0.751. The number of aromatic nitrogens is 1.